The van der Waals surface area contributed by atoms with Crippen LogP contribution in [0, 0.1) is 0 Å². The summed E-state index contributed by atoms with van der Waals surface area (Å²) in [5.74, 6) is 0.234. The summed E-state index contributed by atoms with van der Waals surface area (Å²) >= 11 is 2.79. The van der Waals surface area contributed by atoms with Crippen LogP contribution in [0.5, 0.6) is 0 Å². The molecular formula is C21H25N3O2S2. The first-order valence-electron chi connectivity index (χ1n) is 9.58. The first-order chi connectivity index (χ1) is 13.6. The van der Waals surface area contributed by atoms with Gasteiger partial charge in [0.05, 0.1) is 11.1 Å². The van der Waals surface area contributed by atoms with Crippen LogP contribution in [0.25, 0.3) is 21.3 Å². The number of hydrogen-bond acceptors (Lipinski definition) is 5. The fourth-order valence-corrected chi connectivity index (χ4v) is 4.98. The van der Waals surface area contributed by atoms with Gasteiger partial charge in [-0.15, -0.1) is 11.3 Å². The number of thiophene rings is 1. The van der Waals surface area contributed by atoms with Gasteiger partial charge in [-0.2, -0.15) is 0 Å². The van der Waals surface area contributed by atoms with Crippen molar-refractivity contribution in [2.45, 2.75) is 51.4 Å². The van der Waals surface area contributed by atoms with Gasteiger partial charge in [-0.3, -0.25) is 14.2 Å². The van der Waals surface area contributed by atoms with Gasteiger partial charge in [0.1, 0.15) is 4.83 Å². The Balaban J connectivity index is 1.91. The number of rotatable bonds is 8. The standard InChI is InChI=1S/C21H25N3O2S2/c1-4-15(5-2)22-17(25)13-28-21-23-19-18(20(26)24(21)6-3)16(12-27-19)14-10-8-7-9-11-14/h7-12,15H,4-6,13H2,1-3H3,(H,22,25). The Labute approximate surface area is 173 Å². The molecule has 7 heteroatoms. The maximum Gasteiger partial charge on any atom is 0.263 e. The smallest absolute Gasteiger partial charge is 0.263 e. The van der Waals surface area contributed by atoms with Crippen LogP contribution in [0.15, 0.2) is 45.7 Å². The molecule has 2 heterocycles. The molecule has 2 aromatic heterocycles. The number of nitrogens with zero attached hydrogens (tertiary/aromatic N) is 2. The second kappa shape index (κ2) is 9.39. The van der Waals surface area contributed by atoms with Crippen LogP contribution < -0.4 is 10.9 Å². The zero-order valence-electron chi connectivity index (χ0n) is 16.4. The van der Waals surface area contributed by atoms with Crippen molar-refractivity contribution in [2.75, 3.05) is 5.75 Å². The van der Waals surface area contributed by atoms with Crippen molar-refractivity contribution in [3.63, 3.8) is 0 Å². The van der Waals surface area contributed by atoms with E-state index in [0.717, 1.165) is 28.8 Å². The number of thioether (sulfide) groups is 1. The summed E-state index contributed by atoms with van der Waals surface area (Å²) < 4.78 is 1.66. The number of aromatic nitrogens is 2. The van der Waals surface area contributed by atoms with Crippen LogP contribution in [0.2, 0.25) is 0 Å². The number of fused-ring (bicyclic) bond motifs is 1. The van der Waals surface area contributed by atoms with Crippen molar-refractivity contribution < 1.29 is 4.79 Å². The molecule has 0 saturated heterocycles. The lowest BCUT2D eigenvalue weighted by Gasteiger charge is -2.15. The van der Waals surface area contributed by atoms with Gasteiger partial charge in [-0.1, -0.05) is 55.9 Å². The van der Waals surface area contributed by atoms with Gasteiger partial charge in [0.15, 0.2) is 5.16 Å². The van der Waals surface area contributed by atoms with Crippen LogP contribution in [0.4, 0.5) is 0 Å². The Kier molecular flexibility index (Phi) is 6.91. The molecule has 0 aliphatic carbocycles. The number of carbonyl (C=O) groups excluding carboxylic acids is 1. The number of hydrogen-bond donors (Lipinski definition) is 1. The summed E-state index contributed by atoms with van der Waals surface area (Å²) in [7, 11) is 0. The van der Waals surface area contributed by atoms with Crippen molar-refractivity contribution in [1.82, 2.24) is 14.9 Å². The molecule has 0 unspecified atom stereocenters. The summed E-state index contributed by atoms with van der Waals surface area (Å²) in [5, 5.41) is 6.27. The Bertz CT molecular complexity index is 1010. The molecule has 5 nitrogen and oxygen atoms in total. The van der Waals surface area contributed by atoms with Crippen LogP contribution in [-0.2, 0) is 11.3 Å². The number of amides is 1. The Morgan fingerprint density at radius 1 is 1.21 bits per heavy atom. The molecule has 0 aliphatic heterocycles. The van der Waals surface area contributed by atoms with Crippen molar-refractivity contribution in [3.05, 3.63) is 46.1 Å². The third-order valence-electron chi connectivity index (χ3n) is 4.74. The summed E-state index contributed by atoms with van der Waals surface area (Å²) in [6.07, 6.45) is 1.82. The molecular weight excluding hydrogens is 390 g/mol. The van der Waals surface area contributed by atoms with Gasteiger partial charge in [0.2, 0.25) is 5.91 Å². The first-order valence-corrected chi connectivity index (χ1v) is 11.4. The second-order valence-electron chi connectivity index (χ2n) is 6.51. The third-order valence-corrected chi connectivity index (χ3v) is 6.59. The summed E-state index contributed by atoms with van der Waals surface area (Å²) in [6.45, 7) is 6.57. The van der Waals surface area contributed by atoms with E-state index in [2.05, 4.69) is 19.2 Å². The fourth-order valence-electron chi connectivity index (χ4n) is 3.12. The molecule has 0 saturated carbocycles. The van der Waals surface area contributed by atoms with Crippen LogP contribution in [0.3, 0.4) is 0 Å². The maximum absolute atomic E-state index is 13.2. The summed E-state index contributed by atoms with van der Waals surface area (Å²) in [5.41, 5.74) is 1.89. The lowest BCUT2D eigenvalue weighted by molar-refractivity contribution is -0.119. The highest BCUT2D eigenvalue weighted by molar-refractivity contribution is 7.99. The molecule has 1 N–H and O–H groups in total. The van der Waals surface area contributed by atoms with Crippen molar-refractivity contribution in [1.29, 1.82) is 0 Å². The molecule has 1 amide bonds. The minimum Gasteiger partial charge on any atom is -0.353 e. The second-order valence-corrected chi connectivity index (χ2v) is 8.31. The monoisotopic (exact) mass is 415 g/mol. The lowest BCUT2D eigenvalue weighted by atomic mass is 10.1. The van der Waals surface area contributed by atoms with E-state index < -0.39 is 0 Å². The van der Waals surface area contributed by atoms with Gasteiger partial charge < -0.3 is 5.32 Å². The van der Waals surface area contributed by atoms with E-state index in [4.69, 9.17) is 4.98 Å². The van der Waals surface area contributed by atoms with E-state index in [1.54, 1.807) is 4.57 Å². The first kappa shape index (κ1) is 20.6. The topological polar surface area (TPSA) is 64.0 Å². The minimum absolute atomic E-state index is 0.0214. The molecule has 1 aromatic carbocycles. The van der Waals surface area contributed by atoms with E-state index in [1.807, 2.05) is 42.6 Å². The normalized spacial score (nSPS) is 11.3. The van der Waals surface area contributed by atoms with E-state index in [1.165, 1.54) is 23.1 Å². The average molecular weight is 416 g/mol. The van der Waals surface area contributed by atoms with Gasteiger partial charge in [-0.25, -0.2) is 4.98 Å². The largest absolute Gasteiger partial charge is 0.353 e. The molecule has 0 fully saturated rings. The van der Waals surface area contributed by atoms with Gasteiger partial charge in [0.25, 0.3) is 5.56 Å². The highest BCUT2D eigenvalue weighted by Crippen LogP contribution is 2.32. The zero-order valence-corrected chi connectivity index (χ0v) is 18.0. The van der Waals surface area contributed by atoms with Gasteiger partial charge >= 0.3 is 0 Å². The Morgan fingerprint density at radius 2 is 1.93 bits per heavy atom. The van der Waals surface area contributed by atoms with E-state index in [0.29, 0.717) is 17.1 Å². The maximum atomic E-state index is 13.2. The molecule has 0 radical (unpaired) electrons. The van der Waals surface area contributed by atoms with E-state index >= 15 is 0 Å². The molecule has 0 aliphatic rings. The van der Waals surface area contributed by atoms with Gasteiger partial charge in [-0.05, 0) is 25.3 Å². The molecule has 3 aromatic rings. The summed E-state index contributed by atoms with van der Waals surface area (Å²) in [6, 6.07) is 10.1. The predicted octanol–water partition coefficient (Wildman–Crippen LogP) is 4.54. The van der Waals surface area contributed by atoms with E-state index in [-0.39, 0.29) is 23.3 Å². The van der Waals surface area contributed by atoms with Crippen LogP contribution in [-0.4, -0.2) is 27.3 Å². The molecule has 0 bridgehead atoms. The van der Waals surface area contributed by atoms with E-state index in [9.17, 15) is 9.59 Å². The zero-order chi connectivity index (χ0) is 20.1. The SMILES string of the molecule is CCC(CC)NC(=O)CSc1nc2scc(-c3ccccc3)c2c(=O)n1CC. The molecule has 28 heavy (non-hydrogen) atoms. The Hall–Kier alpha value is -2.12. The number of carbonyl (C=O) groups is 1. The van der Waals surface area contributed by atoms with Crippen molar-refractivity contribution >= 4 is 39.2 Å². The van der Waals surface area contributed by atoms with Crippen LogP contribution in [0.1, 0.15) is 33.6 Å². The molecule has 0 spiro atoms. The predicted molar refractivity (Wildman–Crippen MR) is 118 cm³/mol. The summed E-state index contributed by atoms with van der Waals surface area (Å²) in [4.78, 5) is 30.8. The van der Waals surface area contributed by atoms with Crippen molar-refractivity contribution in [2.24, 2.45) is 0 Å². The molecule has 148 valence electrons. The molecule has 0 atom stereocenters. The van der Waals surface area contributed by atoms with Gasteiger partial charge in [0, 0.05) is 23.5 Å². The minimum atomic E-state index is -0.0458. The molecule has 3 rings (SSSR count). The number of benzene rings is 1. The van der Waals surface area contributed by atoms with Crippen molar-refractivity contribution in [3.8, 4) is 11.1 Å². The lowest BCUT2D eigenvalue weighted by Crippen LogP contribution is -2.35. The van der Waals surface area contributed by atoms with Crippen LogP contribution >= 0.6 is 23.1 Å². The third kappa shape index (κ3) is 4.31. The Morgan fingerprint density at radius 3 is 2.57 bits per heavy atom. The highest BCUT2D eigenvalue weighted by Gasteiger charge is 2.18. The quantitative estimate of drug-likeness (QED) is 0.433. The fraction of sp³-hybridized carbons (Fsp3) is 0.381. The number of nitrogens with one attached hydrogen (secondary N) is 1. The highest BCUT2D eigenvalue weighted by atomic mass is 32.2. The average Bonchev–Trinajstić information content (AvgIpc) is 3.15.